The first-order valence-electron chi connectivity index (χ1n) is 4.68. The molecule has 0 spiro atoms. The van der Waals surface area contributed by atoms with Crippen LogP contribution in [0.4, 0.5) is 0 Å². The fourth-order valence-electron chi connectivity index (χ4n) is 1.42. The van der Waals surface area contributed by atoms with Gasteiger partial charge < -0.3 is 0 Å². The number of hydrogen-bond acceptors (Lipinski definition) is 1. The third-order valence-corrected chi connectivity index (χ3v) is 2.82. The topological polar surface area (TPSA) is 28.7 Å². The van der Waals surface area contributed by atoms with E-state index in [0.29, 0.717) is 5.02 Å². The summed E-state index contributed by atoms with van der Waals surface area (Å²) in [6, 6.07) is 7.55. The number of H-pyrrole nitrogens is 1. The number of nitrogens with one attached hydrogen (secondary N) is 1. The van der Waals surface area contributed by atoms with Crippen LogP contribution in [0.2, 0.25) is 10.0 Å². The molecule has 1 aromatic carbocycles. The second-order valence-corrected chi connectivity index (χ2v) is 4.16. The highest BCUT2D eigenvalue weighted by Gasteiger charge is 2.02. The Morgan fingerprint density at radius 2 is 2.00 bits per heavy atom. The van der Waals surface area contributed by atoms with Crippen LogP contribution in [0.5, 0.6) is 0 Å². The molecule has 1 aromatic heterocycles. The van der Waals surface area contributed by atoms with Crippen LogP contribution >= 0.6 is 23.2 Å². The van der Waals surface area contributed by atoms with Gasteiger partial charge in [-0.2, -0.15) is 5.10 Å². The average molecular weight is 241 g/mol. The van der Waals surface area contributed by atoms with Gasteiger partial charge in [0.15, 0.2) is 0 Å². The van der Waals surface area contributed by atoms with Gasteiger partial charge in [0.25, 0.3) is 0 Å². The first-order chi connectivity index (χ1) is 7.25. The van der Waals surface area contributed by atoms with Crippen LogP contribution in [0.25, 0.3) is 0 Å². The summed E-state index contributed by atoms with van der Waals surface area (Å²) in [6.07, 6.45) is 3.54. The Morgan fingerprint density at radius 1 is 1.13 bits per heavy atom. The van der Waals surface area contributed by atoms with Crippen molar-refractivity contribution >= 4 is 23.2 Å². The molecule has 0 amide bonds. The van der Waals surface area contributed by atoms with E-state index in [1.54, 1.807) is 12.3 Å². The highest BCUT2D eigenvalue weighted by Crippen LogP contribution is 2.22. The zero-order valence-corrected chi connectivity index (χ0v) is 9.52. The first-order valence-corrected chi connectivity index (χ1v) is 5.43. The van der Waals surface area contributed by atoms with Crippen LogP contribution in [0.15, 0.2) is 30.5 Å². The molecule has 2 rings (SSSR count). The quantitative estimate of drug-likeness (QED) is 0.875. The molecule has 2 aromatic rings. The van der Waals surface area contributed by atoms with E-state index < -0.39 is 0 Å². The largest absolute Gasteiger partial charge is 0.283 e. The number of benzene rings is 1. The van der Waals surface area contributed by atoms with Gasteiger partial charge in [-0.1, -0.05) is 29.3 Å². The van der Waals surface area contributed by atoms with Crippen molar-refractivity contribution in [3.63, 3.8) is 0 Å². The maximum Gasteiger partial charge on any atom is 0.0490 e. The number of hydrogen-bond donors (Lipinski definition) is 1. The summed E-state index contributed by atoms with van der Waals surface area (Å²) in [5, 5.41) is 8.21. The Balaban J connectivity index is 2.05. The summed E-state index contributed by atoms with van der Waals surface area (Å²) in [7, 11) is 0. The Hall–Kier alpha value is -0.990. The van der Waals surface area contributed by atoms with Gasteiger partial charge in [0.05, 0.1) is 0 Å². The molecule has 0 saturated heterocycles. The number of aryl methyl sites for hydroxylation is 2. The average Bonchev–Trinajstić information content (AvgIpc) is 2.69. The second kappa shape index (κ2) is 4.69. The fraction of sp³-hybridized carbons (Fsp3) is 0.182. The van der Waals surface area contributed by atoms with Crippen LogP contribution in [0, 0.1) is 0 Å². The summed E-state index contributed by atoms with van der Waals surface area (Å²) in [4.78, 5) is 0. The van der Waals surface area contributed by atoms with Gasteiger partial charge in [-0.15, -0.1) is 0 Å². The number of halogens is 2. The van der Waals surface area contributed by atoms with E-state index in [1.807, 2.05) is 18.2 Å². The molecule has 15 heavy (non-hydrogen) atoms. The molecule has 78 valence electrons. The Kier molecular flexibility index (Phi) is 3.29. The predicted octanol–water partition coefficient (Wildman–Crippen LogP) is 3.50. The molecule has 0 saturated carbocycles. The molecular weight excluding hydrogens is 231 g/mol. The minimum Gasteiger partial charge on any atom is -0.283 e. The number of aromatic amines is 1. The first kappa shape index (κ1) is 10.5. The third kappa shape index (κ3) is 2.74. The van der Waals surface area contributed by atoms with E-state index in [-0.39, 0.29) is 0 Å². The minimum atomic E-state index is 0.672. The maximum atomic E-state index is 6.06. The lowest BCUT2D eigenvalue weighted by atomic mass is 10.1. The molecule has 1 heterocycles. The highest BCUT2D eigenvalue weighted by molar-refractivity contribution is 6.35. The maximum absolute atomic E-state index is 6.06. The molecule has 2 nitrogen and oxygen atoms in total. The van der Waals surface area contributed by atoms with Gasteiger partial charge in [-0.05, 0) is 36.6 Å². The van der Waals surface area contributed by atoms with Crippen molar-refractivity contribution in [3.05, 3.63) is 51.8 Å². The van der Waals surface area contributed by atoms with E-state index >= 15 is 0 Å². The van der Waals surface area contributed by atoms with Crippen molar-refractivity contribution in [2.24, 2.45) is 0 Å². The van der Waals surface area contributed by atoms with Crippen molar-refractivity contribution < 1.29 is 0 Å². The molecule has 0 aliphatic rings. The van der Waals surface area contributed by atoms with Crippen LogP contribution in [-0.2, 0) is 12.8 Å². The molecule has 0 radical (unpaired) electrons. The van der Waals surface area contributed by atoms with Crippen molar-refractivity contribution in [2.75, 3.05) is 0 Å². The van der Waals surface area contributed by atoms with Gasteiger partial charge in [0, 0.05) is 21.9 Å². The van der Waals surface area contributed by atoms with Gasteiger partial charge in [-0.3, -0.25) is 5.10 Å². The molecule has 0 atom stereocenters. The lowest BCUT2D eigenvalue weighted by Crippen LogP contribution is -1.92. The Labute approximate surface area is 98.2 Å². The van der Waals surface area contributed by atoms with Crippen LogP contribution in [-0.4, -0.2) is 10.2 Å². The minimum absolute atomic E-state index is 0.672. The smallest absolute Gasteiger partial charge is 0.0490 e. The zero-order chi connectivity index (χ0) is 10.7. The SMILES string of the molecule is Clc1ccc(CCc2ccn[nH]2)c(Cl)c1. The molecular formula is C11H10Cl2N2. The summed E-state index contributed by atoms with van der Waals surface area (Å²) >= 11 is 11.9. The molecule has 0 fully saturated rings. The van der Waals surface area contributed by atoms with Crippen LogP contribution in [0.1, 0.15) is 11.3 Å². The number of rotatable bonds is 3. The molecule has 0 bridgehead atoms. The van der Waals surface area contributed by atoms with Crippen molar-refractivity contribution in [3.8, 4) is 0 Å². The van der Waals surface area contributed by atoms with E-state index in [4.69, 9.17) is 23.2 Å². The lowest BCUT2D eigenvalue weighted by Gasteiger charge is -2.03. The summed E-state index contributed by atoms with van der Waals surface area (Å²) in [5.41, 5.74) is 2.22. The summed E-state index contributed by atoms with van der Waals surface area (Å²) in [6.45, 7) is 0. The number of nitrogens with zero attached hydrogens (tertiary/aromatic N) is 1. The van der Waals surface area contributed by atoms with E-state index in [0.717, 1.165) is 29.1 Å². The van der Waals surface area contributed by atoms with Crippen LogP contribution in [0.3, 0.4) is 0 Å². The lowest BCUT2D eigenvalue weighted by molar-refractivity contribution is 0.893. The Bertz CT molecular complexity index is 438. The van der Waals surface area contributed by atoms with Crippen molar-refractivity contribution in [2.45, 2.75) is 12.8 Å². The molecule has 1 N–H and O–H groups in total. The number of aromatic nitrogens is 2. The van der Waals surface area contributed by atoms with Gasteiger partial charge in [0.1, 0.15) is 0 Å². The fourth-order valence-corrected chi connectivity index (χ4v) is 1.92. The standard InChI is InChI=1S/C11H10Cl2N2/c12-9-3-1-8(11(13)7-9)2-4-10-5-6-14-15-10/h1,3,5-7H,2,4H2,(H,14,15). The molecule has 0 aliphatic heterocycles. The van der Waals surface area contributed by atoms with Crippen LogP contribution < -0.4 is 0 Å². The second-order valence-electron chi connectivity index (χ2n) is 3.32. The van der Waals surface area contributed by atoms with E-state index in [2.05, 4.69) is 10.2 Å². The summed E-state index contributed by atoms with van der Waals surface area (Å²) < 4.78 is 0. The van der Waals surface area contributed by atoms with Crippen molar-refractivity contribution in [1.82, 2.24) is 10.2 Å². The van der Waals surface area contributed by atoms with Gasteiger partial charge in [0.2, 0.25) is 0 Å². The molecule has 0 aliphatic carbocycles. The van der Waals surface area contributed by atoms with E-state index in [1.165, 1.54) is 0 Å². The third-order valence-electron chi connectivity index (χ3n) is 2.24. The monoisotopic (exact) mass is 240 g/mol. The van der Waals surface area contributed by atoms with E-state index in [9.17, 15) is 0 Å². The molecule has 0 unspecified atom stereocenters. The normalized spacial score (nSPS) is 10.5. The molecule has 4 heteroatoms. The Morgan fingerprint density at radius 3 is 2.67 bits per heavy atom. The van der Waals surface area contributed by atoms with Gasteiger partial charge in [-0.25, -0.2) is 0 Å². The predicted molar refractivity (Wildman–Crippen MR) is 62.5 cm³/mol. The highest BCUT2D eigenvalue weighted by atomic mass is 35.5. The zero-order valence-electron chi connectivity index (χ0n) is 8.00. The van der Waals surface area contributed by atoms with Gasteiger partial charge >= 0.3 is 0 Å². The summed E-state index contributed by atoms with van der Waals surface area (Å²) in [5.74, 6) is 0. The van der Waals surface area contributed by atoms with Crippen molar-refractivity contribution in [1.29, 1.82) is 0 Å².